The third kappa shape index (κ3) is 3.82. The van der Waals surface area contributed by atoms with Gasteiger partial charge >= 0.3 is 0 Å². The number of hydrogen-bond donors (Lipinski definition) is 0. The van der Waals surface area contributed by atoms with E-state index >= 15 is 0 Å². The molecule has 0 unspecified atom stereocenters. The zero-order chi connectivity index (χ0) is 22.1. The van der Waals surface area contributed by atoms with Crippen LogP contribution in [0.4, 0.5) is 0 Å². The molecule has 0 saturated carbocycles. The fraction of sp³-hybridized carbons (Fsp3) is 0.286. The molecule has 0 spiro atoms. The van der Waals surface area contributed by atoms with Crippen molar-refractivity contribution in [1.82, 2.24) is 19.4 Å². The van der Waals surface area contributed by atoms with E-state index in [0.717, 1.165) is 0 Å². The zero-order valence-corrected chi connectivity index (χ0v) is 18.0. The maximum Gasteiger partial charge on any atom is 0.255 e. The van der Waals surface area contributed by atoms with Gasteiger partial charge in [-0.05, 0) is 23.8 Å². The standard InChI is InChI=1S/C21H16Cl2N6O2/c1-28-17(27-19-12(10-24)8-13(11-25)26-20(19)28)9-15-16(22)3-2-14(18(15)23)21(30)29-4-6-31-7-5-29/h2-3,8H,4-7,9H2,1H3. The zero-order valence-electron chi connectivity index (χ0n) is 16.5. The molecule has 1 saturated heterocycles. The molecule has 0 N–H and O–H groups in total. The van der Waals surface area contributed by atoms with Gasteiger partial charge in [-0.25, -0.2) is 9.97 Å². The lowest BCUT2D eigenvalue weighted by Gasteiger charge is -2.27. The van der Waals surface area contributed by atoms with Gasteiger partial charge in [0.2, 0.25) is 0 Å². The minimum absolute atomic E-state index is 0.132. The van der Waals surface area contributed by atoms with E-state index in [9.17, 15) is 15.3 Å². The molecular weight excluding hydrogens is 439 g/mol. The van der Waals surface area contributed by atoms with Crippen LogP contribution < -0.4 is 0 Å². The Morgan fingerprint density at radius 1 is 1.19 bits per heavy atom. The first-order chi connectivity index (χ1) is 14.9. The fourth-order valence-electron chi connectivity index (χ4n) is 3.52. The van der Waals surface area contributed by atoms with Crippen molar-refractivity contribution >= 4 is 40.3 Å². The number of fused-ring (bicyclic) bond motifs is 1. The number of aryl methyl sites for hydroxylation is 1. The first-order valence-corrected chi connectivity index (χ1v) is 10.2. The molecule has 1 aliphatic heterocycles. The highest BCUT2D eigenvalue weighted by Crippen LogP contribution is 2.32. The van der Waals surface area contributed by atoms with Crippen molar-refractivity contribution in [2.75, 3.05) is 26.3 Å². The summed E-state index contributed by atoms with van der Waals surface area (Å²) in [5.41, 5.74) is 2.12. The number of amides is 1. The summed E-state index contributed by atoms with van der Waals surface area (Å²) < 4.78 is 7.00. The fourth-order valence-corrected chi connectivity index (χ4v) is 4.10. The summed E-state index contributed by atoms with van der Waals surface area (Å²) in [4.78, 5) is 23.4. The van der Waals surface area contributed by atoms with E-state index in [-0.39, 0.29) is 28.6 Å². The number of halogens is 2. The Bertz CT molecular complexity index is 1280. The third-order valence-electron chi connectivity index (χ3n) is 5.20. The van der Waals surface area contributed by atoms with E-state index in [0.29, 0.717) is 59.4 Å². The maximum absolute atomic E-state index is 12.9. The molecule has 3 aromatic rings. The van der Waals surface area contributed by atoms with Crippen molar-refractivity contribution in [1.29, 1.82) is 10.5 Å². The molecule has 0 atom stereocenters. The molecule has 1 aliphatic rings. The highest BCUT2D eigenvalue weighted by molar-refractivity contribution is 6.38. The highest BCUT2D eigenvalue weighted by atomic mass is 35.5. The number of nitriles is 2. The Morgan fingerprint density at radius 3 is 2.61 bits per heavy atom. The normalized spacial score (nSPS) is 13.8. The molecule has 0 bridgehead atoms. The van der Waals surface area contributed by atoms with Crippen molar-refractivity contribution in [3.8, 4) is 12.1 Å². The quantitative estimate of drug-likeness (QED) is 0.601. The average molecular weight is 455 g/mol. The number of carbonyl (C=O) groups is 1. The number of rotatable bonds is 3. The number of pyridine rings is 1. The molecule has 1 fully saturated rings. The van der Waals surface area contributed by atoms with Crippen LogP contribution in [-0.2, 0) is 18.2 Å². The number of benzene rings is 1. The van der Waals surface area contributed by atoms with Crippen LogP contribution in [-0.4, -0.2) is 51.6 Å². The van der Waals surface area contributed by atoms with Gasteiger partial charge in [0.15, 0.2) is 5.65 Å². The van der Waals surface area contributed by atoms with Crippen molar-refractivity contribution in [3.63, 3.8) is 0 Å². The lowest BCUT2D eigenvalue weighted by molar-refractivity contribution is 0.0303. The Hall–Kier alpha value is -3.17. The number of morpholine rings is 1. The second kappa shape index (κ2) is 8.52. The van der Waals surface area contributed by atoms with E-state index in [4.69, 9.17) is 27.9 Å². The molecule has 0 radical (unpaired) electrons. The minimum atomic E-state index is -0.177. The van der Waals surface area contributed by atoms with Crippen LogP contribution in [0.3, 0.4) is 0 Å². The SMILES string of the molecule is Cn1c(Cc2c(Cl)ccc(C(=O)N3CCOCC3)c2Cl)nc2c(C#N)cc(C#N)nc21. The summed E-state index contributed by atoms with van der Waals surface area (Å²) in [6, 6.07) is 8.67. The number of ether oxygens (including phenoxy) is 1. The smallest absolute Gasteiger partial charge is 0.255 e. The van der Waals surface area contributed by atoms with Gasteiger partial charge in [0.25, 0.3) is 5.91 Å². The Morgan fingerprint density at radius 2 is 1.94 bits per heavy atom. The predicted molar refractivity (Wildman–Crippen MR) is 114 cm³/mol. The van der Waals surface area contributed by atoms with Gasteiger partial charge in [0, 0.05) is 31.6 Å². The van der Waals surface area contributed by atoms with E-state index in [1.165, 1.54) is 6.07 Å². The summed E-state index contributed by atoms with van der Waals surface area (Å²) in [5, 5.41) is 19.3. The van der Waals surface area contributed by atoms with Gasteiger partial charge in [-0.1, -0.05) is 23.2 Å². The lowest BCUT2D eigenvalue weighted by Crippen LogP contribution is -2.40. The second-order valence-electron chi connectivity index (χ2n) is 7.01. The van der Waals surface area contributed by atoms with Crippen LogP contribution in [0.15, 0.2) is 18.2 Å². The van der Waals surface area contributed by atoms with Crippen molar-refractivity contribution in [2.45, 2.75) is 6.42 Å². The van der Waals surface area contributed by atoms with E-state index < -0.39 is 0 Å². The second-order valence-corrected chi connectivity index (χ2v) is 7.79. The summed E-state index contributed by atoms with van der Waals surface area (Å²) in [5.74, 6) is 0.372. The molecular formula is C21H16Cl2N6O2. The van der Waals surface area contributed by atoms with Crippen LogP contribution in [0.1, 0.15) is 33.0 Å². The van der Waals surface area contributed by atoms with Crippen LogP contribution in [0.5, 0.6) is 0 Å². The van der Waals surface area contributed by atoms with E-state index in [1.54, 1.807) is 28.6 Å². The number of imidazole rings is 1. The Labute approximate surface area is 188 Å². The first-order valence-electron chi connectivity index (χ1n) is 9.45. The predicted octanol–water partition coefficient (Wildman–Crippen LogP) is 3.08. The van der Waals surface area contributed by atoms with Crippen LogP contribution >= 0.6 is 23.2 Å². The Balaban J connectivity index is 1.75. The summed E-state index contributed by atoms with van der Waals surface area (Å²) in [6.45, 7) is 1.98. The molecule has 10 heteroatoms. The Kier molecular flexibility index (Phi) is 5.79. The maximum atomic E-state index is 12.9. The van der Waals surface area contributed by atoms with Crippen molar-refractivity contribution < 1.29 is 9.53 Å². The summed E-state index contributed by atoms with van der Waals surface area (Å²) in [7, 11) is 1.74. The molecule has 2 aromatic heterocycles. The largest absolute Gasteiger partial charge is 0.378 e. The first kappa shape index (κ1) is 21.1. The molecule has 4 rings (SSSR count). The average Bonchev–Trinajstić information content (AvgIpc) is 3.11. The van der Waals surface area contributed by atoms with Crippen LogP contribution in [0.25, 0.3) is 11.2 Å². The van der Waals surface area contributed by atoms with Crippen molar-refractivity contribution in [3.05, 3.63) is 56.5 Å². The van der Waals surface area contributed by atoms with E-state index in [2.05, 4.69) is 16.0 Å². The van der Waals surface area contributed by atoms with Gasteiger partial charge in [0.05, 0.1) is 29.4 Å². The third-order valence-corrected chi connectivity index (χ3v) is 5.99. The molecule has 0 aliphatic carbocycles. The molecule has 31 heavy (non-hydrogen) atoms. The van der Waals surface area contributed by atoms with Gasteiger partial charge < -0.3 is 14.2 Å². The van der Waals surface area contributed by atoms with Crippen molar-refractivity contribution in [2.24, 2.45) is 7.05 Å². The lowest BCUT2D eigenvalue weighted by atomic mass is 10.1. The van der Waals surface area contributed by atoms with Gasteiger partial charge in [-0.3, -0.25) is 4.79 Å². The van der Waals surface area contributed by atoms with Gasteiger partial charge in [-0.2, -0.15) is 10.5 Å². The topological polar surface area (TPSA) is 108 Å². The highest BCUT2D eigenvalue weighted by Gasteiger charge is 2.24. The molecule has 8 nitrogen and oxygen atoms in total. The monoisotopic (exact) mass is 454 g/mol. The van der Waals surface area contributed by atoms with Gasteiger partial charge in [0.1, 0.15) is 29.2 Å². The number of aromatic nitrogens is 3. The van der Waals surface area contributed by atoms with Gasteiger partial charge in [-0.15, -0.1) is 0 Å². The molecule has 3 heterocycles. The van der Waals surface area contributed by atoms with Crippen LogP contribution in [0.2, 0.25) is 10.0 Å². The number of carbonyl (C=O) groups excluding carboxylic acids is 1. The van der Waals surface area contributed by atoms with Crippen LogP contribution in [0, 0.1) is 22.7 Å². The number of hydrogen-bond acceptors (Lipinski definition) is 6. The molecule has 1 amide bonds. The number of nitrogens with zero attached hydrogens (tertiary/aromatic N) is 6. The molecule has 156 valence electrons. The van der Waals surface area contributed by atoms with E-state index in [1.807, 2.05) is 6.07 Å². The summed E-state index contributed by atoms with van der Waals surface area (Å²) in [6.07, 6.45) is 0.224. The summed E-state index contributed by atoms with van der Waals surface area (Å²) >= 11 is 13.0. The molecule has 1 aromatic carbocycles. The minimum Gasteiger partial charge on any atom is -0.378 e.